The molecule has 0 aromatic carbocycles. The highest BCUT2D eigenvalue weighted by Gasteiger charge is 2.44. The van der Waals surface area contributed by atoms with Crippen LogP contribution in [0.15, 0.2) is 4.99 Å². The zero-order chi connectivity index (χ0) is 12.5. The molecule has 0 heterocycles. The number of nitrogens with one attached hydrogen (secondary N) is 2. The minimum Gasteiger partial charge on any atom is -0.353 e. The third-order valence-corrected chi connectivity index (χ3v) is 5.07. The molecule has 0 saturated heterocycles. The molecule has 0 bridgehead atoms. The van der Waals surface area contributed by atoms with Crippen molar-refractivity contribution in [2.24, 2.45) is 22.7 Å². The fourth-order valence-corrected chi connectivity index (χ4v) is 3.51. The number of hydrogen-bond donors (Lipinski definition) is 2. The zero-order valence-electron chi connectivity index (χ0n) is 11.8. The van der Waals surface area contributed by atoms with E-state index in [9.17, 15) is 0 Å². The van der Waals surface area contributed by atoms with E-state index < -0.39 is 0 Å². The molecule has 0 aromatic rings. The van der Waals surface area contributed by atoms with Gasteiger partial charge >= 0.3 is 0 Å². The molecule has 3 fully saturated rings. The fourth-order valence-electron chi connectivity index (χ4n) is 3.51. The molecule has 102 valence electrons. The Balaban J connectivity index is 1.43. The zero-order valence-corrected chi connectivity index (χ0v) is 11.8. The fraction of sp³-hybridized carbons (Fsp3) is 0.933. The van der Waals surface area contributed by atoms with Gasteiger partial charge in [-0.25, -0.2) is 0 Å². The molecule has 4 atom stereocenters. The molecule has 0 radical (unpaired) electrons. The van der Waals surface area contributed by atoms with Crippen LogP contribution in [0.3, 0.4) is 0 Å². The number of nitrogens with zero attached hydrogens (tertiary/aromatic N) is 1. The number of aliphatic imine (C=N–C) groups is 1. The maximum Gasteiger partial charge on any atom is 0.191 e. The van der Waals surface area contributed by atoms with Crippen LogP contribution < -0.4 is 10.6 Å². The molecule has 0 spiro atoms. The van der Waals surface area contributed by atoms with Crippen molar-refractivity contribution in [3.05, 3.63) is 0 Å². The van der Waals surface area contributed by atoms with Gasteiger partial charge in [0.15, 0.2) is 5.96 Å². The van der Waals surface area contributed by atoms with E-state index in [0.29, 0.717) is 12.1 Å². The van der Waals surface area contributed by atoms with Gasteiger partial charge in [-0.15, -0.1) is 0 Å². The summed E-state index contributed by atoms with van der Waals surface area (Å²) >= 11 is 0. The maximum atomic E-state index is 4.36. The highest BCUT2D eigenvalue weighted by Crippen LogP contribution is 2.44. The van der Waals surface area contributed by atoms with Gasteiger partial charge in [0.2, 0.25) is 0 Å². The molecule has 18 heavy (non-hydrogen) atoms. The first-order chi connectivity index (χ1) is 8.78. The molecule has 3 heteroatoms. The van der Waals surface area contributed by atoms with E-state index in [1.54, 1.807) is 0 Å². The lowest BCUT2D eigenvalue weighted by Crippen LogP contribution is -2.41. The molecule has 3 rings (SSSR count). The van der Waals surface area contributed by atoms with E-state index in [1.165, 1.54) is 44.9 Å². The monoisotopic (exact) mass is 249 g/mol. The highest BCUT2D eigenvalue weighted by molar-refractivity contribution is 5.81. The lowest BCUT2D eigenvalue weighted by molar-refractivity contribution is 0.315. The Morgan fingerprint density at radius 3 is 2.28 bits per heavy atom. The number of hydrogen-bond acceptors (Lipinski definition) is 1. The summed E-state index contributed by atoms with van der Waals surface area (Å²) in [5, 5.41) is 7.14. The quantitative estimate of drug-likeness (QED) is 0.595. The van der Waals surface area contributed by atoms with Crippen LogP contribution in [0.4, 0.5) is 0 Å². The first-order valence-electron chi connectivity index (χ1n) is 7.78. The molecule has 0 aliphatic heterocycles. The minimum atomic E-state index is 0.670. The topological polar surface area (TPSA) is 36.4 Å². The molecular formula is C15H27N3. The Morgan fingerprint density at radius 2 is 1.67 bits per heavy atom. The van der Waals surface area contributed by atoms with Crippen LogP contribution in [-0.4, -0.2) is 25.1 Å². The van der Waals surface area contributed by atoms with Crippen molar-refractivity contribution >= 4 is 5.96 Å². The minimum absolute atomic E-state index is 0.670. The molecule has 0 amide bonds. The van der Waals surface area contributed by atoms with Gasteiger partial charge in [-0.1, -0.05) is 39.0 Å². The van der Waals surface area contributed by atoms with Crippen molar-refractivity contribution < 1.29 is 0 Å². The summed E-state index contributed by atoms with van der Waals surface area (Å²) in [6.45, 7) is 2.30. The Morgan fingerprint density at radius 1 is 1.00 bits per heavy atom. The SMILES string of the molecule is CN=C(NC1CC1C)NC1CC1C1CCCCC1. The van der Waals surface area contributed by atoms with E-state index >= 15 is 0 Å². The predicted octanol–water partition coefficient (Wildman–Crippen LogP) is 2.53. The Kier molecular flexibility index (Phi) is 3.49. The largest absolute Gasteiger partial charge is 0.353 e. The summed E-state index contributed by atoms with van der Waals surface area (Å²) in [4.78, 5) is 4.36. The smallest absolute Gasteiger partial charge is 0.191 e. The van der Waals surface area contributed by atoms with Crippen molar-refractivity contribution in [3.63, 3.8) is 0 Å². The van der Waals surface area contributed by atoms with E-state index in [4.69, 9.17) is 0 Å². The van der Waals surface area contributed by atoms with Crippen LogP contribution >= 0.6 is 0 Å². The van der Waals surface area contributed by atoms with Gasteiger partial charge in [0.05, 0.1) is 0 Å². The van der Waals surface area contributed by atoms with Crippen molar-refractivity contribution in [2.75, 3.05) is 7.05 Å². The second-order valence-corrected chi connectivity index (χ2v) is 6.58. The van der Waals surface area contributed by atoms with Crippen molar-refractivity contribution in [2.45, 2.75) is 64.0 Å². The normalized spacial score (nSPS) is 40.4. The summed E-state index contributed by atoms with van der Waals surface area (Å²) < 4.78 is 0. The lowest BCUT2D eigenvalue weighted by atomic mass is 9.85. The molecule has 3 aliphatic carbocycles. The van der Waals surface area contributed by atoms with Crippen LogP contribution in [0, 0.1) is 17.8 Å². The average molecular weight is 249 g/mol. The molecule has 3 nitrogen and oxygen atoms in total. The predicted molar refractivity (Wildman–Crippen MR) is 75.7 cm³/mol. The van der Waals surface area contributed by atoms with Gasteiger partial charge < -0.3 is 10.6 Å². The van der Waals surface area contributed by atoms with E-state index in [1.807, 2.05) is 7.05 Å². The summed E-state index contributed by atoms with van der Waals surface area (Å²) in [5.41, 5.74) is 0. The summed E-state index contributed by atoms with van der Waals surface area (Å²) in [6.07, 6.45) is 9.98. The first-order valence-corrected chi connectivity index (χ1v) is 7.78. The van der Waals surface area contributed by atoms with Crippen LogP contribution in [0.2, 0.25) is 0 Å². The van der Waals surface area contributed by atoms with E-state index in [2.05, 4.69) is 22.5 Å². The van der Waals surface area contributed by atoms with Crippen LogP contribution in [0.1, 0.15) is 51.9 Å². The van der Waals surface area contributed by atoms with Gasteiger partial charge in [0.1, 0.15) is 0 Å². The van der Waals surface area contributed by atoms with Gasteiger partial charge in [-0.05, 0) is 30.6 Å². The third-order valence-electron chi connectivity index (χ3n) is 5.07. The second kappa shape index (κ2) is 5.10. The summed E-state index contributed by atoms with van der Waals surface area (Å²) in [7, 11) is 1.89. The molecule has 4 unspecified atom stereocenters. The highest BCUT2D eigenvalue weighted by atomic mass is 15.2. The second-order valence-electron chi connectivity index (χ2n) is 6.58. The van der Waals surface area contributed by atoms with Gasteiger partial charge in [0.25, 0.3) is 0 Å². The lowest BCUT2D eigenvalue weighted by Gasteiger charge is -2.22. The van der Waals surface area contributed by atoms with Crippen molar-refractivity contribution in [1.29, 1.82) is 0 Å². The van der Waals surface area contributed by atoms with Gasteiger partial charge in [0, 0.05) is 19.1 Å². The van der Waals surface area contributed by atoms with Gasteiger partial charge in [-0.2, -0.15) is 0 Å². The first kappa shape index (κ1) is 12.3. The molecule has 3 saturated carbocycles. The van der Waals surface area contributed by atoms with E-state index in [-0.39, 0.29) is 0 Å². The van der Waals surface area contributed by atoms with Crippen LogP contribution in [0.25, 0.3) is 0 Å². The van der Waals surface area contributed by atoms with Gasteiger partial charge in [-0.3, -0.25) is 4.99 Å². The third kappa shape index (κ3) is 2.81. The van der Waals surface area contributed by atoms with E-state index in [0.717, 1.165) is 23.7 Å². The Bertz CT molecular complexity index is 320. The molecule has 0 aromatic heterocycles. The standard InChI is InChI=1S/C15H27N3/c1-10-8-13(10)17-15(16-2)18-14-9-12(14)11-6-4-3-5-7-11/h10-14H,3-9H2,1-2H3,(H2,16,17,18). The van der Waals surface area contributed by atoms with Crippen LogP contribution in [0.5, 0.6) is 0 Å². The Labute approximate surface area is 111 Å². The number of rotatable bonds is 3. The average Bonchev–Trinajstić information content (AvgIpc) is 3.29. The molecular weight excluding hydrogens is 222 g/mol. The Hall–Kier alpha value is -0.730. The van der Waals surface area contributed by atoms with Crippen molar-refractivity contribution in [3.8, 4) is 0 Å². The van der Waals surface area contributed by atoms with Crippen LogP contribution in [-0.2, 0) is 0 Å². The summed E-state index contributed by atoms with van der Waals surface area (Å²) in [6, 6.07) is 1.37. The molecule has 3 aliphatic rings. The maximum absolute atomic E-state index is 4.36. The molecule has 2 N–H and O–H groups in total. The van der Waals surface area contributed by atoms with Crippen molar-refractivity contribution in [1.82, 2.24) is 10.6 Å². The number of guanidine groups is 1. The summed E-state index contributed by atoms with van der Waals surface area (Å²) in [5.74, 6) is 3.79.